The van der Waals surface area contributed by atoms with Gasteiger partial charge in [0.2, 0.25) is 0 Å². The number of hydrogen-bond donors (Lipinski definition) is 1. The Balaban J connectivity index is 2.98. The van der Waals surface area contributed by atoms with Gasteiger partial charge in [-0.25, -0.2) is 4.98 Å². The predicted octanol–water partition coefficient (Wildman–Crippen LogP) is 2.08. The minimum Gasteiger partial charge on any atom is -0.301 e. The third-order valence-corrected chi connectivity index (χ3v) is 2.26. The summed E-state index contributed by atoms with van der Waals surface area (Å²) in [7, 11) is 0. The molecule has 0 bridgehead atoms. The van der Waals surface area contributed by atoms with Crippen LogP contribution in [0.1, 0.15) is 26.5 Å². The average Bonchev–Trinajstić information content (AvgIpc) is 1.99. The second-order valence-electron chi connectivity index (χ2n) is 4.48. The Bertz CT molecular complexity index is 365. The van der Waals surface area contributed by atoms with Crippen molar-refractivity contribution in [3.8, 4) is 0 Å². The van der Waals surface area contributed by atoms with E-state index >= 15 is 0 Å². The van der Waals surface area contributed by atoms with Gasteiger partial charge in [0.1, 0.15) is 0 Å². The van der Waals surface area contributed by atoms with Crippen molar-refractivity contribution in [2.75, 3.05) is 6.26 Å². The molecule has 14 heavy (non-hydrogen) atoms. The largest absolute Gasteiger partial charge is 0.301 e. The third-order valence-electron chi connectivity index (χ3n) is 1.68. The molecular formula is C10H16N2OS. The fraction of sp³-hybridized carbons (Fsp3) is 0.600. The van der Waals surface area contributed by atoms with E-state index in [1.165, 1.54) is 11.8 Å². The quantitative estimate of drug-likeness (QED) is 0.603. The molecule has 0 spiro atoms. The molecule has 1 aromatic heterocycles. The number of aromatic amines is 1. The smallest absolute Gasteiger partial charge is 0.251 e. The zero-order chi connectivity index (χ0) is 10.8. The summed E-state index contributed by atoms with van der Waals surface area (Å²) in [5, 5.41) is 0.691. The van der Waals surface area contributed by atoms with E-state index in [1.54, 1.807) is 6.07 Å². The van der Waals surface area contributed by atoms with E-state index in [9.17, 15) is 4.79 Å². The highest BCUT2D eigenvalue weighted by atomic mass is 32.2. The average molecular weight is 212 g/mol. The van der Waals surface area contributed by atoms with Crippen LogP contribution < -0.4 is 5.56 Å². The van der Waals surface area contributed by atoms with Crippen LogP contribution in [0.2, 0.25) is 0 Å². The molecule has 0 radical (unpaired) electrons. The zero-order valence-electron chi connectivity index (χ0n) is 9.05. The van der Waals surface area contributed by atoms with Crippen LogP contribution in [0, 0.1) is 5.41 Å². The van der Waals surface area contributed by atoms with Crippen molar-refractivity contribution < 1.29 is 0 Å². The van der Waals surface area contributed by atoms with Gasteiger partial charge in [-0.2, -0.15) is 0 Å². The number of hydrogen-bond acceptors (Lipinski definition) is 3. The first-order chi connectivity index (χ1) is 6.40. The topological polar surface area (TPSA) is 45.8 Å². The van der Waals surface area contributed by atoms with Gasteiger partial charge in [0.05, 0.1) is 0 Å². The van der Waals surface area contributed by atoms with Crippen LogP contribution in [0.4, 0.5) is 0 Å². The van der Waals surface area contributed by atoms with Gasteiger partial charge >= 0.3 is 0 Å². The maximum Gasteiger partial charge on any atom is 0.251 e. The first-order valence-electron chi connectivity index (χ1n) is 4.55. The Morgan fingerprint density at radius 2 is 2.14 bits per heavy atom. The van der Waals surface area contributed by atoms with E-state index in [-0.39, 0.29) is 11.0 Å². The van der Waals surface area contributed by atoms with E-state index in [1.807, 2.05) is 6.26 Å². The lowest BCUT2D eigenvalue weighted by Gasteiger charge is -2.17. The predicted molar refractivity (Wildman–Crippen MR) is 59.8 cm³/mol. The van der Waals surface area contributed by atoms with Gasteiger partial charge in [0.15, 0.2) is 5.16 Å². The Morgan fingerprint density at radius 1 is 1.50 bits per heavy atom. The lowest BCUT2D eigenvalue weighted by molar-refractivity contribution is 0.404. The highest BCUT2D eigenvalue weighted by molar-refractivity contribution is 7.98. The maximum atomic E-state index is 11.2. The monoisotopic (exact) mass is 212 g/mol. The molecule has 0 saturated heterocycles. The fourth-order valence-corrected chi connectivity index (χ4v) is 1.63. The molecule has 0 amide bonds. The second-order valence-corrected chi connectivity index (χ2v) is 5.28. The number of rotatable bonds is 2. The molecule has 0 unspecified atom stereocenters. The van der Waals surface area contributed by atoms with Gasteiger partial charge in [-0.3, -0.25) is 4.79 Å². The lowest BCUT2D eigenvalue weighted by Crippen LogP contribution is -2.15. The summed E-state index contributed by atoms with van der Waals surface area (Å²) in [6.45, 7) is 6.40. The third kappa shape index (κ3) is 3.54. The van der Waals surface area contributed by atoms with Crippen LogP contribution in [0.3, 0.4) is 0 Å². The van der Waals surface area contributed by atoms with Crippen LogP contribution in [-0.4, -0.2) is 16.2 Å². The second kappa shape index (κ2) is 4.17. The minimum absolute atomic E-state index is 0.0661. The molecule has 78 valence electrons. The maximum absolute atomic E-state index is 11.2. The van der Waals surface area contributed by atoms with Gasteiger partial charge in [-0.1, -0.05) is 32.5 Å². The standard InChI is InChI=1S/C10H16N2OS/c1-10(2,3)6-7-5-8(13)12-9(11-7)14-4/h5H,6H2,1-4H3,(H,11,12,13). The van der Waals surface area contributed by atoms with Crippen molar-refractivity contribution in [2.24, 2.45) is 5.41 Å². The number of H-pyrrole nitrogens is 1. The highest BCUT2D eigenvalue weighted by Crippen LogP contribution is 2.19. The molecule has 0 aromatic carbocycles. The molecule has 0 aliphatic rings. The van der Waals surface area contributed by atoms with E-state index < -0.39 is 0 Å². The molecule has 0 fully saturated rings. The molecule has 1 heterocycles. The van der Waals surface area contributed by atoms with Gasteiger partial charge in [0.25, 0.3) is 5.56 Å². The highest BCUT2D eigenvalue weighted by Gasteiger charge is 2.13. The molecule has 0 aliphatic heterocycles. The fourth-order valence-electron chi connectivity index (χ4n) is 1.21. The summed E-state index contributed by atoms with van der Waals surface area (Å²) in [6, 6.07) is 1.57. The molecule has 1 aromatic rings. The van der Waals surface area contributed by atoms with Crippen LogP contribution in [-0.2, 0) is 6.42 Å². The molecule has 4 heteroatoms. The SMILES string of the molecule is CSc1nc(CC(C)(C)C)cc(=O)[nH]1. The summed E-state index contributed by atoms with van der Waals surface area (Å²) in [5.41, 5.74) is 0.963. The number of nitrogens with zero attached hydrogens (tertiary/aromatic N) is 1. The van der Waals surface area contributed by atoms with Crippen LogP contribution in [0.5, 0.6) is 0 Å². The van der Waals surface area contributed by atoms with Crippen LogP contribution in [0.25, 0.3) is 0 Å². The van der Waals surface area contributed by atoms with Gasteiger partial charge in [-0.15, -0.1) is 0 Å². The normalized spacial score (nSPS) is 11.7. The Kier molecular flexibility index (Phi) is 3.37. The van der Waals surface area contributed by atoms with Gasteiger partial charge in [0, 0.05) is 11.8 Å². The Hall–Kier alpha value is -0.770. The van der Waals surface area contributed by atoms with Crippen LogP contribution in [0.15, 0.2) is 16.0 Å². The lowest BCUT2D eigenvalue weighted by atomic mass is 9.90. The summed E-state index contributed by atoms with van der Waals surface area (Å²) in [5.74, 6) is 0. The number of nitrogens with one attached hydrogen (secondary N) is 1. The van der Waals surface area contributed by atoms with Gasteiger partial charge in [-0.05, 0) is 18.1 Å². The molecule has 1 N–H and O–H groups in total. The van der Waals surface area contributed by atoms with Crippen LogP contribution >= 0.6 is 11.8 Å². The summed E-state index contributed by atoms with van der Waals surface area (Å²) in [6.07, 6.45) is 2.73. The Labute approximate surface area is 88.3 Å². The van der Waals surface area contributed by atoms with Crippen molar-refractivity contribution in [1.82, 2.24) is 9.97 Å². The van der Waals surface area contributed by atoms with Crippen molar-refractivity contribution in [3.63, 3.8) is 0 Å². The number of thioether (sulfide) groups is 1. The molecule has 3 nitrogen and oxygen atoms in total. The minimum atomic E-state index is -0.0661. The first kappa shape index (κ1) is 11.3. The Morgan fingerprint density at radius 3 is 2.64 bits per heavy atom. The summed E-state index contributed by atoms with van der Waals surface area (Å²) in [4.78, 5) is 18.3. The van der Waals surface area contributed by atoms with Crippen molar-refractivity contribution in [1.29, 1.82) is 0 Å². The molecular weight excluding hydrogens is 196 g/mol. The molecule has 1 rings (SSSR count). The van der Waals surface area contributed by atoms with E-state index in [0.29, 0.717) is 5.16 Å². The summed E-state index contributed by atoms with van der Waals surface area (Å²) >= 11 is 1.46. The van der Waals surface area contributed by atoms with E-state index in [2.05, 4.69) is 30.7 Å². The number of aromatic nitrogens is 2. The molecule has 0 atom stereocenters. The van der Waals surface area contributed by atoms with Crippen molar-refractivity contribution in [3.05, 3.63) is 22.1 Å². The molecule has 0 saturated carbocycles. The first-order valence-corrected chi connectivity index (χ1v) is 5.77. The summed E-state index contributed by atoms with van der Waals surface area (Å²) < 4.78 is 0. The van der Waals surface area contributed by atoms with E-state index in [4.69, 9.17) is 0 Å². The van der Waals surface area contributed by atoms with Crippen molar-refractivity contribution in [2.45, 2.75) is 32.3 Å². The van der Waals surface area contributed by atoms with Crippen molar-refractivity contribution >= 4 is 11.8 Å². The van der Waals surface area contributed by atoms with Gasteiger partial charge < -0.3 is 4.98 Å². The van der Waals surface area contributed by atoms with E-state index in [0.717, 1.165) is 12.1 Å². The molecule has 0 aliphatic carbocycles. The zero-order valence-corrected chi connectivity index (χ0v) is 9.86.